The highest BCUT2D eigenvalue weighted by Gasteiger charge is 2.13. The van der Waals surface area contributed by atoms with Gasteiger partial charge in [-0.2, -0.15) is 0 Å². The molecule has 0 aromatic heterocycles. The molecule has 0 radical (unpaired) electrons. The summed E-state index contributed by atoms with van der Waals surface area (Å²) in [5, 5.41) is 2.79. The Labute approximate surface area is 146 Å². The second-order valence-electron chi connectivity index (χ2n) is 5.57. The van der Waals surface area contributed by atoms with E-state index in [1.165, 1.54) is 0 Å². The normalized spacial score (nSPS) is 10.1. The van der Waals surface area contributed by atoms with Gasteiger partial charge in [0.2, 0.25) is 0 Å². The van der Waals surface area contributed by atoms with Gasteiger partial charge in [0.25, 0.3) is 5.91 Å². The Morgan fingerprint density at radius 2 is 1.40 bits per heavy atom. The van der Waals surface area contributed by atoms with E-state index in [1.54, 1.807) is 60.7 Å². The van der Waals surface area contributed by atoms with Crippen molar-refractivity contribution in [2.75, 3.05) is 5.32 Å². The van der Waals surface area contributed by atoms with E-state index in [0.29, 0.717) is 22.6 Å². The number of para-hydroxylation sites is 2. The lowest BCUT2D eigenvalue weighted by Crippen LogP contribution is -2.14. The lowest BCUT2D eigenvalue weighted by molar-refractivity contribution is 0.0734. The van der Waals surface area contributed by atoms with Crippen LogP contribution in [0.25, 0.3) is 0 Å². The highest BCUT2D eigenvalue weighted by Crippen LogP contribution is 2.25. The van der Waals surface area contributed by atoms with E-state index >= 15 is 0 Å². The molecule has 0 spiro atoms. The zero-order valence-corrected chi connectivity index (χ0v) is 13.7. The van der Waals surface area contributed by atoms with Crippen molar-refractivity contribution in [2.45, 2.75) is 6.92 Å². The third kappa shape index (κ3) is 4.12. The maximum atomic E-state index is 12.4. The zero-order chi connectivity index (χ0) is 17.6. The van der Waals surface area contributed by atoms with Crippen LogP contribution < -0.4 is 10.1 Å². The van der Waals surface area contributed by atoms with Crippen molar-refractivity contribution in [1.29, 1.82) is 0 Å². The minimum atomic E-state index is -0.474. The van der Waals surface area contributed by atoms with Crippen molar-refractivity contribution < 1.29 is 14.3 Å². The summed E-state index contributed by atoms with van der Waals surface area (Å²) in [6, 6.07) is 22.8. The molecule has 124 valence electrons. The number of nitrogens with one attached hydrogen (secondary N) is 1. The minimum Gasteiger partial charge on any atom is -0.421 e. The molecule has 0 atom stereocenters. The molecule has 0 heterocycles. The van der Waals surface area contributed by atoms with Crippen LogP contribution in [0, 0.1) is 6.92 Å². The van der Waals surface area contributed by atoms with Gasteiger partial charge in [0.1, 0.15) is 0 Å². The Bertz CT molecular complexity index is 887. The molecule has 3 aromatic carbocycles. The molecule has 0 bridgehead atoms. The highest BCUT2D eigenvalue weighted by atomic mass is 16.5. The summed E-state index contributed by atoms with van der Waals surface area (Å²) in [5.41, 5.74) is 2.50. The van der Waals surface area contributed by atoms with E-state index < -0.39 is 5.97 Å². The van der Waals surface area contributed by atoms with E-state index in [-0.39, 0.29) is 5.91 Å². The molecular formula is C21H17NO3. The fourth-order valence-electron chi connectivity index (χ4n) is 2.29. The molecular weight excluding hydrogens is 314 g/mol. The number of rotatable bonds is 4. The number of ether oxygens (including phenoxy) is 1. The number of hydrogen-bond acceptors (Lipinski definition) is 3. The Hall–Kier alpha value is -3.40. The number of aryl methyl sites for hydroxylation is 1. The molecule has 1 amide bonds. The Morgan fingerprint density at radius 1 is 0.760 bits per heavy atom. The monoisotopic (exact) mass is 331 g/mol. The van der Waals surface area contributed by atoms with Crippen LogP contribution in [0.5, 0.6) is 5.75 Å². The molecule has 25 heavy (non-hydrogen) atoms. The van der Waals surface area contributed by atoms with Gasteiger partial charge in [0.05, 0.1) is 11.3 Å². The average Bonchev–Trinajstić information content (AvgIpc) is 2.64. The topological polar surface area (TPSA) is 55.4 Å². The number of amides is 1. The summed E-state index contributed by atoms with van der Waals surface area (Å²) in [4.78, 5) is 24.6. The predicted octanol–water partition coefficient (Wildman–Crippen LogP) is 4.47. The van der Waals surface area contributed by atoms with Crippen molar-refractivity contribution in [1.82, 2.24) is 0 Å². The van der Waals surface area contributed by atoms with Gasteiger partial charge in [-0.3, -0.25) is 4.79 Å². The number of hydrogen-bond donors (Lipinski definition) is 1. The fourth-order valence-corrected chi connectivity index (χ4v) is 2.29. The first-order chi connectivity index (χ1) is 12.1. The van der Waals surface area contributed by atoms with Crippen LogP contribution in [-0.2, 0) is 0 Å². The van der Waals surface area contributed by atoms with Crippen LogP contribution in [0.3, 0.4) is 0 Å². The molecule has 0 aliphatic rings. The van der Waals surface area contributed by atoms with Crippen LogP contribution >= 0.6 is 0 Å². The third-order valence-electron chi connectivity index (χ3n) is 3.66. The second-order valence-corrected chi connectivity index (χ2v) is 5.57. The third-order valence-corrected chi connectivity index (χ3v) is 3.66. The Balaban J connectivity index is 1.78. The van der Waals surface area contributed by atoms with Crippen LogP contribution in [0.4, 0.5) is 5.69 Å². The number of carbonyl (C=O) groups excluding carboxylic acids is 2. The van der Waals surface area contributed by atoms with E-state index in [4.69, 9.17) is 4.74 Å². The van der Waals surface area contributed by atoms with E-state index in [9.17, 15) is 9.59 Å². The SMILES string of the molecule is Cc1ccc(C(=O)Nc2ccccc2OC(=O)c2ccccc2)cc1. The summed E-state index contributed by atoms with van der Waals surface area (Å²) in [7, 11) is 0. The van der Waals surface area contributed by atoms with E-state index in [2.05, 4.69) is 5.32 Å². The van der Waals surface area contributed by atoms with Gasteiger partial charge in [-0.05, 0) is 43.3 Å². The van der Waals surface area contributed by atoms with Crippen LogP contribution in [-0.4, -0.2) is 11.9 Å². The number of esters is 1. The van der Waals surface area contributed by atoms with E-state index in [1.807, 2.05) is 25.1 Å². The van der Waals surface area contributed by atoms with Crippen molar-refractivity contribution >= 4 is 17.6 Å². The number of anilines is 1. The largest absolute Gasteiger partial charge is 0.421 e. The summed E-state index contributed by atoms with van der Waals surface area (Å²) in [5.74, 6) is -0.433. The predicted molar refractivity (Wildman–Crippen MR) is 97.0 cm³/mol. The average molecular weight is 331 g/mol. The van der Waals surface area contributed by atoms with E-state index in [0.717, 1.165) is 5.56 Å². The molecule has 4 heteroatoms. The van der Waals surface area contributed by atoms with Crippen molar-refractivity contribution in [3.63, 3.8) is 0 Å². The lowest BCUT2D eigenvalue weighted by Gasteiger charge is -2.11. The number of benzene rings is 3. The Kier molecular flexibility index (Phi) is 4.90. The van der Waals surface area contributed by atoms with Crippen LogP contribution in [0.2, 0.25) is 0 Å². The zero-order valence-electron chi connectivity index (χ0n) is 13.7. The first-order valence-corrected chi connectivity index (χ1v) is 7.88. The maximum Gasteiger partial charge on any atom is 0.343 e. The molecule has 3 rings (SSSR count). The van der Waals surface area contributed by atoms with Gasteiger partial charge >= 0.3 is 5.97 Å². The van der Waals surface area contributed by atoms with Crippen molar-refractivity contribution in [2.24, 2.45) is 0 Å². The molecule has 0 fully saturated rings. The minimum absolute atomic E-state index is 0.261. The van der Waals surface area contributed by atoms with Crippen LogP contribution in [0.1, 0.15) is 26.3 Å². The fraction of sp³-hybridized carbons (Fsp3) is 0.0476. The molecule has 3 aromatic rings. The van der Waals surface area contributed by atoms with Crippen LogP contribution in [0.15, 0.2) is 78.9 Å². The summed E-state index contributed by atoms with van der Waals surface area (Å²) in [6.07, 6.45) is 0. The Morgan fingerprint density at radius 3 is 2.12 bits per heavy atom. The molecule has 4 nitrogen and oxygen atoms in total. The van der Waals surface area contributed by atoms with Gasteiger partial charge in [-0.1, -0.05) is 48.0 Å². The van der Waals surface area contributed by atoms with Crippen molar-refractivity contribution in [3.05, 3.63) is 95.6 Å². The smallest absolute Gasteiger partial charge is 0.343 e. The number of carbonyl (C=O) groups is 2. The maximum absolute atomic E-state index is 12.4. The standard InChI is InChI=1S/C21H17NO3/c1-15-11-13-16(14-12-15)20(23)22-18-9-5-6-10-19(18)25-21(24)17-7-3-2-4-8-17/h2-14H,1H3,(H,22,23). The summed E-state index contributed by atoms with van der Waals surface area (Å²) < 4.78 is 5.43. The van der Waals surface area contributed by atoms with Gasteiger partial charge in [0, 0.05) is 5.56 Å². The summed E-state index contributed by atoms with van der Waals surface area (Å²) in [6.45, 7) is 1.96. The molecule has 0 aliphatic heterocycles. The highest BCUT2D eigenvalue weighted by molar-refractivity contribution is 6.05. The lowest BCUT2D eigenvalue weighted by atomic mass is 10.1. The van der Waals surface area contributed by atoms with Gasteiger partial charge < -0.3 is 10.1 Å². The second kappa shape index (κ2) is 7.45. The molecule has 0 unspecified atom stereocenters. The first kappa shape index (κ1) is 16.5. The van der Waals surface area contributed by atoms with Crippen molar-refractivity contribution in [3.8, 4) is 5.75 Å². The van der Waals surface area contributed by atoms with Gasteiger partial charge in [-0.25, -0.2) is 4.79 Å². The quantitative estimate of drug-likeness (QED) is 0.567. The first-order valence-electron chi connectivity index (χ1n) is 7.88. The molecule has 0 aliphatic carbocycles. The molecule has 0 saturated carbocycles. The summed E-state index contributed by atoms with van der Waals surface area (Å²) >= 11 is 0. The molecule has 0 saturated heterocycles. The van der Waals surface area contributed by atoms with Gasteiger partial charge in [0.15, 0.2) is 5.75 Å². The molecule has 1 N–H and O–H groups in total. The van der Waals surface area contributed by atoms with Gasteiger partial charge in [-0.15, -0.1) is 0 Å².